The molecule has 0 radical (unpaired) electrons. The van der Waals surface area contributed by atoms with Crippen molar-refractivity contribution in [1.82, 2.24) is 19.5 Å². The van der Waals surface area contributed by atoms with Crippen molar-refractivity contribution in [2.45, 2.75) is 32.0 Å². The summed E-state index contributed by atoms with van der Waals surface area (Å²) >= 11 is 7.67. The maximum atomic E-state index is 13.7. The number of aryl methyl sites for hydroxylation is 1. The number of fused-ring (bicyclic) bond motifs is 1. The van der Waals surface area contributed by atoms with Crippen LogP contribution in [0.15, 0.2) is 60.6 Å². The molecule has 5 aromatic rings. The smallest absolute Gasteiger partial charge is 0.366 e. The molecule has 0 spiro atoms. The van der Waals surface area contributed by atoms with Gasteiger partial charge in [-0.3, -0.25) is 9.59 Å². The molecule has 14 heteroatoms. The van der Waals surface area contributed by atoms with E-state index in [0.29, 0.717) is 28.6 Å². The van der Waals surface area contributed by atoms with Crippen molar-refractivity contribution in [3.8, 4) is 5.69 Å². The van der Waals surface area contributed by atoms with Gasteiger partial charge in [0.15, 0.2) is 0 Å². The molecular weight excluding hydrogens is 591 g/mol. The summed E-state index contributed by atoms with van der Waals surface area (Å²) in [6, 6.07) is 7.79. The van der Waals surface area contributed by atoms with Crippen molar-refractivity contribution in [2.24, 2.45) is 0 Å². The Morgan fingerprint density at radius 3 is 2.57 bits per heavy atom. The molecule has 1 fully saturated rings. The highest BCUT2D eigenvalue weighted by Crippen LogP contribution is 2.35. The number of nitrogens with zero attached hydrogens (tertiary/aromatic N) is 4. The van der Waals surface area contributed by atoms with Crippen LogP contribution in [0.5, 0.6) is 0 Å². The first-order valence-corrected chi connectivity index (χ1v) is 13.9. The number of amides is 2. The van der Waals surface area contributed by atoms with Crippen LogP contribution in [0.4, 0.5) is 30.4 Å². The summed E-state index contributed by atoms with van der Waals surface area (Å²) in [6.45, 7) is 1.70. The molecule has 9 nitrogen and oxygen atoms in total. The molecular formula is C28H21ClF3N7O2S. The van der Waals surface area contributed by atoms with Gasteiger partial charge in [0.1, 0.15) is 12.1 Å². The standard InChI is InChI=1S/C28H21ClF3N7O2S/c1-14-10-39(13-35-14)19-7-15(6-16(8-19)28(30,31)32)26(40)37-18-4-5-21(29)22(9-18)38-27(41)20-11-42-24-23(20)33-12-34-25(24)36-17-2-3-17/h4-13,17H,2-3H2,1H3,(H,37,40)(H,38,41)(H,33,34,36). The minimum absolute atomic E-state index is 0.127. The Morgan fingerprint density at radius 1 is 1.05 bits per heavy atom. The largest absolute Gasteiger partial charge is 0.416 e. The number of thiophene rings is 1. The zero-order valence-corrected chi connectivity index (χ0v) is 23.4. The first-order chi connectivity index (χ1) is 20.0. The number of nitrogens with one attached hydrogen (secondary N) is 3. The number of aromatic nitrogens is 4. The van der Waals surface area contributed by atoms with Crippen LogP contribution in [-0.2, 0) is 6.18 Å². The summed E-state index contributed by atoms with van der Waals surface area (Å²) in [4.78, 5) is 38.9. The summed E-state index contributed by atoms with van der Waals surface area (Å²) in [5.74, 6) is -0.578. The number of halogens is 4. The van der Waals surface area contributed by atoms with Crippen molar-refractivity contribution in [3.63, 3.8) is 0 Å². The molecule has 3 heterocycles. The summed E-state index contributed by atoms with van der Waals surface area (Å²) in [5.41, 5.74) is 0.759. The van der Waals surface area contributed by atoms with E-state index < -0.39 is 23.6 Å². The molecule has 3 aromatic heterocycles. The van der Waals surface area contributed by atoms with Crippen LogP contribution in [-0.4, -0.2) is 37.4 Å². The van der Waals surface area contributed by atoms with Gasteiger partial charge in [-0.1, -0.05) is 11.6 Å². The third kappa shape index (κ3) is 5.78. The Hall–Kier alpha value is -4.49. The molecule has 0 saturated heterocycles. The molecule has 0 bridgehead atoms. The van der Waals surface area contributed by atoms with Gasteiger partial charge in [0, 0.05) is 34.6 Å². The van der Waals surface area contributed by atoms with Gasteiger partial charge in [-0.15, -0.1) is 11.3 Å². The van der Waals surface area contributed by atoms with Crippen molar-refractivity contribution in [1.29, 1.82) is 0 Å². The number of benzene rings is 2. The quantitative estimate of drug-likeness (QED) is 0.184. The number of hydrogen-bond donors (Lipinski definition) is 3. The molecule has 42 heavy (non-hydrogen) atoms. The molecule has 0 aliphatic heterocycles. The second kappa shape index (κ2) is 10.7. The topological polar surface area (TPSA) is 114 Å². The average Bonchev–Trinajstić information content (AvgIpc) is 3.47. The molecule has 1 aliphatic carbocycles. The zero-order valence-electron chi connectivity index (χ0n) is 21.8. The van der Waals surface area contributed by atoms with Crippen LogP contribution >= 0.6 is 22.9 Å². The van der Waals surface area contributed by atoms with Gasteiger partial charge in [0.05, 0.1) is 44.1 Å². The van der Waals surface area contributed by atoms with Crippen LogP contribution in [0.3, 0.4) is 0 Å². The zero-order chi connectivity index (χ0) is 29.6. The van der Waals surface area contributed by atoms with Crippen molar-refractivity contribution < 1.29 is 22.8 Å². The van der Waals surface area contributed by atoms with Crippen molar-refractivity contribution >= 4 is 62.2 Å². The molecule has 2 amide bonds. The molecule has 1 saturated carbocycles. The molecule has 3 N–H and O–H groups in total. The third-order valence-corrected chi connectivity index (χ3v) is 7.81. The van der Waals surface area contributed by atoms with Crippen LogP contribution in [0.1, 0.15) is 44.8 Å². The SMILES string of the molecule is Cc1cn(-c2cc(C(=O)Nc3ccc(Cl)c(NC(=O)c4csc5c(NC6CC6)ncnc45)c3)cc(C(F)(F)F)c2)cn1. The number of anilines is 3. The summed E-state index contributed by atoms with van der Waals surface area (Å²) in [6.07, 6.45) is 1.77. The lowest BCUT2D eigenvalue weighted by Gasteiger charge is -2.14. The fourth-order valence-corrected chi connectivity index (χ4v) is 5.36. The van der Waals surface area contributed by atoms with Gasteiger partial charge in [0.25, 0.3) is 11.8 Å². The van der Waals surface area contributed by atoms with E-state index in [2.05, 4.69) is 30.9 Å². The van der Waals surface area contributed by atoms with Crippen LogP contribution in [0, 0.1) is 6.92 Å². The van der Waals surface area contributed by atoms with E-state index in [9.17, 15) is 22.8 Å². The van der Waals surface area contributed by atoms with E-state index in [0.717, 1.165) is 29.7 Å². The summed E-state index contributed by atoms with van der Waals surface area (Å²) < 4.78 is 43.1. The Bertz CT molecular complexity index is 1850. The van der Waals surface area contributed by atoms with Crippen molar-refractivity contribution in [3.05, 3.63) is 88.0 Å². The molecule has 214 valence electrons. The number of carbonyl (C=O) groups excluding carboxylic acids is 2. The molecule has 2 aromatic carbocycles. The second-order valence-corrected chi connectivity index (χ2v) is 11.0. The highest BCUT2D eigenvalue weighted by atomic mass is 35.5. The van der Waals surface area contributed by atoms with Crippen LogP contribution < -0.4 is 16.0 Å². The molecule has 1 aliphatic rings. The highest BCUT2D eigenvalue weighted by molar-refractivity contribution is 7.18. The Labute approximate surface area is 245 Å². The fourth-order valence-electron chi connectivity index (χ4n) is 4.24. The van der Waals surface area contributed by atoms with E-state index in [-0.39, 0.29) is 27.6 Å². The minimum Gasteiger partial charge on any atom is -0.366 e. The summed E-state index contributed by atoms with van der Waals surface area (Å²) in [5, 5.41) is 10.5. The average molecular weight is 612 g/mol. The van der Waals surface area contributed by atoms with E-state index in [1.54, 1.807) is 18.5 Å². The predicted octanol–water partition coefficient (Wildman–Crippen LogP) is 6.94. The number of rotatable bonds is 7. The normalized spacial score (nSPS) is 13.3. The monoisotopic (exact) mass is 611 g/mol. The van der Waals surface area contributed by atoms with E-state index in [1.165, 1.54) is 52.8 Å². The number of alkyl halides is 3. The lowest BCUT2D eigenvalue weighted by Crippen LogP contribution is -2.16. The van der Waals surface area contributed by atoms with E-state index in [1.807, 2.05) is 0 Å². The lowest BCUT2D eigenvalue weighted by atomic mass is 10.1. The number of carbonyl (C=O) groups is 2. The number of imidazole rings is 1. The van der Waals surface area contributed by atoms with Gasteiger partial charge >= 0.3 is 6.18 Å². The predicted molar refractivity (Wildman–Crippen MR) is 155 cm³/mol. The lowest BCUT2D eigenvalue weighted by molar-refractivity contribution is -0.137. The van der Waals surface area contributed by atoms with Crippen LogP contribution in [0.2, 0.25) is 5.02 Å². The maximum Gasteiger partial charge on any atom is 0.416 e. The fraction of sp³-hybridized carbons (Fsp3) is 0.179. The Balaban J connectivity index is 1.24. The van der Waals surface area contributed by atoms with Crippen LogP contribution in [0.25, 0.3) is 15.9 Å². The maximum absolute atomic E-state index is 13.7. The third-order valence-electron chi connectivity index (χ3n) is 6.51. The van der Waals surface area contributed by atoms with Gasteiger partial charge in [-0.25, -0.2) is 15.0 Å². The first-order valence-electron chi connectivity index (χ1n) is 12.7. The Kier molecular flexibility index (Phi) is 7.07. The molecule has 0 atom stereocenters. The van der Waals surface area contributed by atoms with E-state index in [4.69, 9.17) is 11.6 Å². The van der Waals surface area contributed by atoms with Gasteiger partial charge in [-0.05, 0) is 56.2 Å². The van der Waals surface area contributed by atoms with Gasteiger partial charge < -0.3 is 20.5 Å². The van der Waals surface area contributed by atoms with Crippen molar-refractivity contribution in [2.75, 3.05) is 16.0 Å². The highest BCUT2D eigenvalue weighted by Gasteiger charge is 2.32. The van der Waals surface area contributed by atoms with Gasteiger partial charge in [-0.2, -0.15) is 13.2 Å². The molecule has 6 rings (SSSR count). The summed E-state index contributed by atoms with van der Waals surface area (Å²) in [7, 11) is 0. The minimum atomic E-state index is -4.68. The first kappa shape index (κ1) is 27.7. The van der Waals surface area contributed by atoms with E-state index >= 15 is 0 Å². The molecule has 0 unspecified atom stereocenters. The Morgan fingerprint density at radius 2 is 1.86 bits per heavy atom. The second-order valence-electron chi connectivity index (χ2n) is 9.76. The number of hydrogen-bond acceptors (Lipinski definition) is 7. The van der Waals surface area contributed by atoms with Gasteiger partial charge in [0.2, 0.25) is 0 Å².